The van der Waals surface area contributed by atoms with Crippen molar-refractivity contribution in [3.63, 3.8) is 0 Å². The third kappa shape index (κ3) is 3.96. The summed E-state index contributed by atoms with van der Waals surface area (Å²) in [5.41, 5.74) is 7.03. The average molecular weight is 262 g/mol. The van der Waals surface area contributed by atoms with Crippen LogP contribution in [-0.2, 0) is 11.2 Å². The van der Waals surface area contributed by atoms with Crippen molar-refractivity contribution in [3.05, 3.63) is 29.8 Å². The van der Waals surface area contributed by atoms with Crippen molar-refractivity contribution in [2.24, 2.45) is 5.73 Å². The molecule has 1 aromatic rings. The molecule has 0 spiro atoms. The van der Waals surface area contributed by atoms with Crippen LogP contribution in [0.15, 0.2) is 24.3 Å². The number of hydrogen-bond acceptors (Lipinski definition) is 3. The maximum atomic E-state index is 12.1. The molecule has 1 aliphatic heterocycles. The number of methoxy groups -OCH3 is 1. The molecule has 0 saturated carbocycles. The van der Waals surface area contributed by atoms with Crippen LogP contribution in [0.2, 0.25) is 0 Å². The van der Waals surface area contributed by atoms with Crippen LogP contribution in [0.4, 0.5) is 0 Å². The van der Waals surface area contributed by atoms with Gasteiger partial charge in [-0.05, 0) is 37.0 Å². The van der Waals surface area contributed by atoms with Crippen molar-refractivity contribution in [1.29, 1.82) is 0 Å². The number of amides is 1. The molecule has 1 aromatic carbocycles. The Morgan fingerprint density at radius 3 is 3.11 bits per heavy atom. The van der Waals surface area contributed by atoms with Crippen LogP contribution in [-0.4, -0.2) is 37.0 Å². The largest absolute Gasteiger partial charge is 0.497 e. The number of likely N-dealkylation sites (tertiary alicyclic amines) is 1. The van der Waals surface area contributed by atoms with E-state index in [1.165, 1.54) is 0 Å². The predicted molar refractivity (Wildman–Crippen MR) is 75.1 cm³/mol. The van der Waals surface area contributed by atoms with Gasteiger partial charge in [0.2, 0.25) is 5.91 Å². The van der Waals surface area contributed by atoms with Crippen molar-refractivity contribution < 1.29 is 9.53 Å². The van der Waals surface area contributed by atoms with E-state index in [0.29, 0.717) is 13.0 Å². The van der Waals surface area contributed by atoms with Crippen LogP contribution < -0.4 is 10.5 Å². The minimum Gasteiger partial charge on any atom is -0.497 e. The Balaban J connectivity index is 1.85. The first kappa shape index (κ1) is 13.9. The van der Waals surface area contributed by atoms with Gasteiger partial charge in [-0.25, -0.2) is 0 Å². The van der Waals surface area contributed by atoms with Gasteiger partial charge in [0, 0.05) is 25.6 Å². The third-order valence-corrected chi connectivity index (χ3v) is 3.57. The molecule has 1 atom stereocenters. The highest BCUT2D eigenvalue weighted by molar-refractivity contribution is 5.76. The van der Waals surface area contributed by atoms with Crippen molar-refractivity contribution in [2.45, 2.75) is 31.7 Å². The Labute approximate surface area is 114 Å². The van der Waals surface area contributed by atoms with Crippen LogP contribution >= 0.6 is 0 Å². The van der Waals surface area contributed by atoms with E-state index in [1.807, 2.05) is 29.2 Å². The molecule has 4 nitrogen and oxygen atoms in total. The van der Waals surface area contributed by atoms with Gasteiger partial charge in [0.25, 0.3) is 0 Å². The lowest BCUT2D eigenvalue weighted by Gasteiger charge is -2.30. The zero-order valence-corrected chi connectivity index (χ0v) is 11.5. The highest BCUT2D eigenvalue weighted by Crippen LogP contribution is 2.15. The van der Waals surface area contributed by atoms with Gasteiger partial charge in [0.05, 0.1) is 7.11 Å². The quantitative estimate of drug-likeness (QED) is 0.896. The lowest BCUT2D eigenvalue weighted by Crippen LogP contribution is -2.45. The van der Waals surface area contributed by atoms with Crippen molar-refractivity contribution in [3.8, 4) is 5.75 Å². The van der Waals surface area contributed by atoms with Crippen LogP contribution in [0, 0.1) is 0 Å². The highest BCUT2D eigenvalue weighted by Gasteiger charge is 2.20. The Bertz CT molecular complexity index is 434. The van der Waals surface area contributed by atoms with Gasteiger partial charge < -0.3 is 15.4 Å². The Morgan fingerprint density at radius 2 is 2.37 bits per heavy atom. The number of carbonyl (C=O) groups excluding carboxylic acids is 1. The number of rotatable bonds is 4. The lowest BCUT2D eigenvalue weighted by atomic mass is 10.0. The number of benzene rings is 1. The second-order valence-electron chi connectivity index (χ2n) is 5.09. The maximum absolute atomic E-state index is 12.1. The molecule has 2 N–H and O–H groups in total. The molecule has 0 aliphatic carbocycles. The smallest absolute Gasteiger partial charge is 0.222 e. The summed E-state index contributed by atoms with van der Waals surface area (Å²) >= 11 is 0. The molecule has 1 heterocycles. The van der Waals surface area contributed by atoms with Crippen LogP contribution in [0.5, 0.6) is 5.75 Å². The highest BCUT2D eigenvalue weighted by atomic mass is 16.5. The molecular formula is C15H22N2O2. The predicted octanol–water partition coefficient (Wildman–Crippen LogP) is 1.58. The molecule has 104 valence electrons. The first-order valence-corrected chi connectivity index (χ1v) is 6.85. The van der Waals surface area contributed by atoms with Gasteiger partial charge >= 0.3 is 0 Å². The SMILES string of the molecule is COc1cccc(CCC(=O)N2CCCC(N)C2)c1. The van der Waals surface area contributed by atoms with E-state index in [-0.39, 0.29) is 11.9 Å². The van der Waals surface area contributed by atoms with Gasteiger partial charge in [-0.2, -0.15) is 0 Å². The maximum Gasteiger partial charge on any atom is 0.222 e. The molecule has 1 unspecified atom stereocenters. The van der Waals surface area contributed by atoms with E-state index in [0.717, 1.165) is 37.1 Å². The molecule has 0 bridgehead atoms. The normalized spacial score (nSPS) is 19.3. The van der Waals surface area contributed by atoms with E-state index >= 15 is 0 Å². The number of nitrogens with two attached hydrogens (primary N) is 1. The molecule has 0 radical (unpaired) electrons. The monoisotopic (exact) mass is 262 g/mol. The van der Waals surface area contributed by atoms with E-state index in [1.54, 1.807) is 7.11 Å². The van der Waals surface area contributed by atoms with Gasteiger partial charge in [-0.1, -0.05) is 12.1 Å². The summed E-state index contributed by atoms with van der Waals surface area (Å²) in [5, 5.41) is 0. The minimum absolute atomic E-state index is 0.148. The second-order valence-corrected chi connectivity index (χ2v) is 5.09. The molecule has 0 aromatic heterocycles. The summed E-state index contributed by atoms with van der Waals surface area (Å²) in [6.07, 6.45) is 3.34. The second kappa shape index (κ2) is 6.57. The van der Waals surface area contributed by atoms with Crippen molar-refractivity contribution >= 4 is 5.91 Å². The Hall–Kier alpha value is -1.55. The zero-order chi connectivity index (χ0) is 13.7. The van der Waals surface area contributed by atoms with E-state index < -0.39 is 0 Å². The first-order chi connectivity index (χ1) is 9.19. The average Bonchev–Trinajstić information content (AvgIpc) is 2.45. The Kier molecular flexibility index (Phi) is 4.80. The minimum atomic E-state index is 0.148. The van der Waals surface area contributed by atoms with E-state index in [9.17, 15) is 4.79 Å². The number of nitrogens with zero attached hydrogens (tertiary/aromatic N) is 1. The molecular weight excluding hydrogens is 240 g/mol. The number of hydrogen-bond donors (Lipinski definition) is 1. The Morgan fingerprint density at radius 1 is 1.53 bits per heavy atom. The van der Waals surface area contributed by atoms with Crippen LogP contribution in [0.1, 0.15) is 24.8 Å². The van der Waals surface area contributed by atoms with E-state index in [4.69, 9.17) is 10.5 Å². The third-order valence-electron chi connectivity index (χ3n) is 3.57. The van der Waals surface area contributed by atoms with E-state index in [2.05, 4.69) is 0 Å². The number of aryl methyl sites for hydroxylation is 1. The first-order valence-electron chi connectivity index (χ1n) is 6.85. The molecule has 1 fully saturated rings. The van der Waals surface area contributed by atoms with Crippen molar-refractivity contribution in [2.75, 3.05) is 20.2 Å². The topological polar surface area (TPSA) is 55.6 Å². The zero-order valence-electron chi connectivity index (χ0n) is 11.5. The fourth-order valence-corrected chi connectivity index (χ4v) is 2.47. The van der Waals surface area contributed by atoms with Gasteiger partial charge in [-0.15, -0.1) is 0 Å². The summed E-state index contributed by atoms with van der Waals surface area (Å²) < 4.78 is 5.18. The molecule has 2 rings (SSSR count). The summed E-state index contributed by atoms with van der Waals surface area (Å²) in [6.45, 7) is 1.56. The fourth-order valence-electron chi connectivity index (χ4n) is 2.47. The van der Waals surface area contributed by atoms with Crippen molar-refractivity contribution in [1.82, 2.24) is 4.90 Å². The number of ether oxygens (including phenoxy) is 1. The van der Waals surface area contributed by atoms with Gasteiger partial charge in [0.15, 0.2) is 0 Å². The summed E-state index contributed by atoms with van der Waals surface area (Å²) in [7, 11) is 1.65. The summed E-state index contributed by atoms with van der Waals surface area (Å²) in [4.78, 5) is 14.0. The molecule has 4 heteroatoms. The molecule has 1 aliphatic rings. The van der Waals surface area contributed by atoms with Crippen LogP contribution in [0.3, 0.4) is 0 Å². The van der Waals surface area contributed by atoms with Gasteiger partial charge in [-0.3, -0.25) is 4.79 Å². The summed E-state index contributed by atoms with van der Waals surface area (Å²) in [6, 6.07) is 8.02. The van der Waals surface area contributed by atoms with Gasteiger partial charge in [0.1, 0.15) is 5.75 Å². The van der Waals surface area contributed by atoms with Crippen LogP contribution in [0.25, 0.3) is 0 Å². The molecule has 1 amide bonds. The summed E-state index contributed by atoms with van der Waals surface area (Å²) in [5.74, 6) is 1.04. The molecule has 1 saturated heterocycles. The fraction of sp³-hybridized carbons (Fsp3) is 0.533. The lowest BCUT2D eigenvalue weighted by molar-refractivity contribution is -0.132. The number of piperidine rings is 1. The molecule has 19 heavy (non-hydrogen) atoms. The standard InChI is InChI=1S/C15H22N2O2/c1-19-14-6-2-4-12(10-14)7-8-15(18)17-9-3-5-13(16)11-17/h2,4,6,10,13H,3,5,7-9,11,16H2,1H3. The number of carbonyl (C=O) groups is 1.